The molecule has 0 aliphatic heterocycles. The maximum Gasteiger partial charge on any atom is 0.311 e. The van der Waals surface area contributed by atoms with E-state index in [4.69, 9.17) is 16.3 Å². The molecule has 3 heteroatoms. The van der Waals surface area contributed by atoms with Gasteiger partial charge in [0.05, 0.1) is 12.5 Å². The number of hydrogen-bond acceptors (Lipinski definition) is 2. The average Bonchev–Trinajstić information content (AvgIpc) is 2.28. The Kier molecular flexibility index (Phi) is 4.58. The Hall–Kier alpha value is -1.02. The summed E-state index contributed by atoms with van der Waals surface area (Å²) >= 11 is 5.85. The lowest BCUT2D eigenvalue weighted by atomic mass is 9.81. The van der Waals surface area contributed by atoms with Gasteiger partial charge in [0.15, 0.2) is 0 Å². The molecule has 0 heterocycles. The molecule has 0 N–H and O–H groups in total. The molecule has 0 bridgehead atoms. The Bertz CT molecular complexity index is 382. The van der Waals surface area contributed by atoms with Crippen molar-refractivity contribution in [1.82, 2.24) is 0 Å². The van der Waals surface area contributed by atoms with Crippen molar-refractivity contribution in [3.05, 3.63) is 34.9 Å². The van der Waals surface area contributed by atoms with Gasteiger partial charge in [0.2, 0.25) is 0 Å². The van der Waals surface area contributed by atoms with E-state index in [0.29, 0.717) is 5.92 Å². The number of hydrogen-bond donors (Lipinski definition) is 0. The van der Waals surface area contributed by atoms with E-state index in [0.717, 1.165) is 11.4 Å². The van der Waals surface area contributed by atoms with E-state index < -0.39 is 5.41 Å². The van der Waals surface area contributed by atoms with E-state index in [1.807, 2.05) is 38.1 Å². The van der Waals surface area contributed by atoms with Gasteiger partial charge < -0.3 is 4.74 Å². The predicted octanol–water partition coefficient (Wildman–Crippen LogP) is 4.03. The van der Waals surface area contributed by atoms with E-state index in [9.17, 15) is 4.79 Å². The van der Waals surface area contributed by atoms with Gasteiger partial charge in [-0.15, -0.1) is 0 Å². The van der Waals surface area contributed by atoms with Gasteiger partial charge in [-0.05, 0) is 43.9 Å². The van der Waals surface area contributed by atoms with Gasteiger partial charge >= 0.3 is 5.97 Å². The third kappa shape index (κ3) is 3.74. The third-order valence-electron chi connectivity index (χ3n) is 2.99. The minimum Gasteiger partial charge on any atom is -0.469 e. The molecule has 0 aliphatic rings. The van der Waals surface area contributed by atoms with Crippen LogP contribution in [0.3, 0.4) is 0 Å². The summed E-state index contributed by atoms with van der Waals surface area (Å²) in [6, 6.07) is 7.75. The fourth-order valence-corrected chi connectivity index (χ4v) is 2.16. The second kappa shape index (κ2) is 5.54. The molecule has 2 nitrogen and oxygen atoms in total. The van der Waals surface area contributed by atoms with Crippen molar-refractivity contribution in [3.8, 4) is 0 Å². The fraction of sp³-hybridized carbons (Fsp3) is 0.500. The minimum absolute atomic E-state index is 0.168. The van der Waals surface area contributed by atoms with Crippen LogP contribution in [-0.2, 0) is 9.53 Å². The largest absolute Gasteiger partial charge is 0.469 e. The Morgan fingerprint density at radius 1 is 1.35 bits per heavy atom. The summed E-state index contributed by atoms with van der Waals surface area (Å²) in [6.45, 7) is 5.92. The van der Waals surface area contributed by atoms with E-state index in [2.05, 4.69) is 6.92 Å². The molecule has 0 aliphatic carbocycles. The van der Waals surface area contributed by atoms with Crippen LogP contribution in [0, 0.1) is 5.41 Å². The summed E-state index contributed by atoms with van der Waals surface area (Å²) in [5.74, 6) is 0.125. The van der Waals surface area contributed by atoms with E-state index in [-0.39, 0.29) is 5.97 Å². The summed E-state index contributed by atoms with van der Waals surface area (Å²) in [4.78, 5) is 11.6. The Morgan fingerprint density at radius 2 is 1.88 bits per heavy atom. The summed E-state index contributed by atoms with van der Waals surface area (Å²) in [6.07, 6.45) is 0.751. The van der Waals surface area contributed by atoms with Crippen LogP contribution in [0.1, 0.15) is 38.7 Å². The zero-order valence-corrected chi connectivity index (χ0v) is 11.5. The lowest BCUT2D eigenvalue weighted by molar-refractivity contribution is -0.151. The van der Waals surface area contributed by atoms with Crippen LogP contribution in [0.5, 0.6) is 0 Å². The molecular weight excluding hydrogens is 236 g/mol. The van der Waals surface area contributed by atoms with E-state index in [1.165, 1.54) is 12.7 Å². The van der Waals surface area contributed by atoms with Gasteiger partial charge in [0.25, 0.3) is 0 Å². The molecule has 0 aromatic heterocycles. The molecule has 1 atom stereocenters. The molecular formula is C14H19ClO2. The van der Waals surface area contributed by atoms with Gasteiger partial charge in [-0.3, -0.25) is 4.79 Å². The molecule has 0 saturated carbocycles. The molecule has 94 valence electrons. The lowest BCUT2D eigenvalue weighted by Crippen LogP contribution is -2.27. The number of carbonyl (C=O) groups is 1. The molecule has 1 rings (SSSR count). The van der Waals surface area contributed by atoms with Crippen LogP contribution < -0.4 is 0 Å². The van der Waals surface area contributed by atoms with Crippen molar-refractivity contribution in [2.24, 2.45) is 5.41 Å². The van der Waals surface area contributed by atoms with Crippen molar-refractivity contribution in [2.75, 3.05) is 7.11 Å². The quantitative estimate of drug-likeness (QED) is 0.759. The Labute approximate surface area is 108 Å². The van der Waals surface area contributed by atoms with Gasteiger partial charge in [-0.25, -0.2) is 0 Å². The molecule has 1 aromatic rings. The summed E-state index contributed by atoms with van der Waals surface area (Å²) in [5, 5.41) is 0.730. The highest BCUT2D eigenvalue weighted by atomic mass is 35.5. The lowest BCUT2D eigenvalue weighted by Gasteiger charge is -2.25. The minimum atomic E-state index is -0.464. The highest BCUT2D eigenvalue weighted by molar-refractivity contribution is 6.30. The summed E-state index contributed by atoms with van der Waals surface area (Å²) in [5.41, 5.74) is 0.722. The van der Waals surface area contributed by atoms with Crippen LogP contribution in [0.4, 0.5) is 0 Å². The smallest absolute Gasteiger partial charge is 0.311 e. The molecule has 0 spiro atoms. The van der Waals surface area contributed by atoms with Gasteiger partial charge in [-0.1, -0.05) is 30.7 Å². The topological polar surface area (TPSA) is 26.3 Å². The highest BCUT2D eigenvalue weighted by Gasteiger charge is 2.30. The number of halogens is 1. The highest BCUT2D eigenvalue weighted by Crippen LogP contribution is 2.32. The molecule has 17 heavy (non-hydrogen) atoms. The SMILES string of the molecule is COC(=O)C(C)(C)CC(C)c1ccc(Cl)cc1. The first-order valence-corrected chi connectivity index (χ1v) is 6.08. The molecule has 0 fully saturated rings. The van der Waals surface area contributed by atoms with Crippen LogP contribution in [-0.4, -0.2) is 13.1 Å². The van der Waals surface area contributed by atoms with E-state index in [1.54, 1.807) is 0 Å². The average molecular weight is 255 g/mol. The number of carbonyl (C=O) groups excluding carboxylic acids is 1. The first-order valence-electron chi connectivity index (χ1n) is 5.70. The van der Waals surface area contributed by atoms with Gasteiger partial charge in [0, 0.05) is 5.02 Å². The Morgan fingerprint density at radius 3 is 2.35 bits per heavy atom. The van der Waals surface area contributed by atoms with Gasteiger partial charge in [-0.2, -0.15) is 0 Å². The van der Waals surface area contributed by atoms with Crippen molar-refractivity contribution >= 4 is 17.6 Å². The number of benzene rings is 1. The van der Waals surface area contributed by atoms with Crippen molar-refractivity contribution in [1.29, 1.82) is 0 Å². The maximum absolute atomic E-state index is 11.6. The first-order chi connectivity index (χ1) is 7.86. The van der Waals surface area contributed by atoms with Crippen LogP contribution in [0.25, 0.3) is 0 Å². The Balaban J connectivity index is 2.75. The monoisotopic (exact) mass is 254 g/mol. The number of esters is 1. The third-order valence-corrected chi connectivity index (χ3v) is 3.25. The molecule has 0 amide bonds. The van der Waals surface area contributed by atoms with Crippen molar-refractivity contribution < 1.29 is 9.53 Å². The molecule has 1 aromatic carbocycles. The normalized spacial score (nSPS) is 13.2. The molecule has 0 saturated heterocycles. The van der Waals surface area contributed by atoms with Crippen LogP contribution >= 0.6 is 11.6 Å². The zero-order chi connectivity index (χ0) is 13.1. The zero-order valence-electron chi connectivity index (χ0n) is 10.8. The number of methoxy groups -OCH3 is 1. The fourth-order valence-electron chi connectivity index (χ4n) is 2.03. The van der Waals surface area contributed by atoms with Crippen molar-refractivity contribution in [3.63, 3.8) is 0 Å². The second-order valence-corrected chi connectivity index (χ2v) is 5.47. The number of rotatable bonds is 4. The maximum atomic E-state index is 11.6. The van der Waals surface area contributed by atoms with Gasteiger partial charge in [0.1, 0.15) is 0 Å². The predicted molar refractivity (Wildman–Crippen MR) is 70.3 cm³/mol. The summed E-state index contributed by atoms with van der Waals surface area (Å²) < 4.78 is 4.81. The standard InChI is InChI=1S/C14H19ClO2/c1-10(9-14(2,3)13(16)17-4)11-5-7-12(15)8-6-11/h5-8,10H,9H2,1-4H3. The second-order valence-electron chi connectivity index (χ2n) is 5.03. The first kappa shape index (κ1) is 14.0. The summed E-state index contributed by atoms with van der Waals surface area (Å²) in [7, 11) is 1.43. The molecule has 0 radical (unpaired) electrons. The van der Waals surface area contributed by atoms with Crippen molar-refractivity contribution in [2.45, 2.75) is 33.1 Å². The van der Waals surface area contributed by atoms with Crippen LogP contribution in [0.15, 0.2) is 24.3 Å². The number of ether oxygens (including phenoxy) is 1. The molecule has 1 unspecified atom stereocenters. The van der Waals surface area contributed by atoms with Crippen LogP contribution in [0.2, 0.25) is 5.02 Å². The van der Waals surface area contributed by atoms with E-state index >= 15 is 0 Å².